The average molecular weight is 359 g/mol. The van der Waals surface area contributed by atoms with Crippen LogP contribution in [0.25, 0.3) is 0 Å². The zero-order valence-corrected chi connectivity index (χ0v) is 16.0. The van der Waals surface area contributed by atoms with Crippen molar-refractivity contribution < 1.29 is 9.59 Å². The maximum Gasteiger partial charge on any atom is 0.319 e. The molecule has 0 radical (unpaired) electrons. The summed E-state index contributed by atoms with van der Waals surface area (Å²) in [4.78, 5) is 37.3. The van der Waals surface area contributed by atoms with E-state index in [9.17, 15) is 9.59 Å². The van der Waals surface area contributed by atoms with Gasteiger partial charge in [0.25, 0.3) is 0 Å². The summed E-state index contributed by atoms with van der Waals surface area (Å²) in [6, 6.07) is 5.96. The van der Waals surface area contributed by atoms with E-state index in [4.69, 9.17) is 0 Å². The van der Waals surface area contributed by atoms with Crippen molar-refractivity contribution in [1.29, 1.82) is 0 Å². The van der Waals surface area contributed by atoms with Gasteiger partial charge in [0.2, 0.25) is 5.91 Å². The number of carbonyl (C=O) groups excluding carboxylic acids is 2. The molecule has 0 N–H and O–H groups in total. The Bertz CT molecular complexity index is 651. The van der Waals surface area contributed by atoms with E-state index >= 15 is 0 Å². The van der Waals surface area contributed by atoms with Crippen LogP contribution in [0, 0.1) is 5.41 Å². The molecule has 2 aliphatic heterocycles. The molecule has 3 amide bonds. The van der Waals surface area contributed by atoms with Gasteiger partial charge in [-0.25, -0.2) is 4.79 Å². The Balaban J connectivity index is 1.82. The van der Waals surface area contributed by atoms with E-state index in [1.165, 1.54) is 0 Å². The number of aromatic nitrogens is 1. The van der Waals surface area contributed by atoms with Crippen molar-refractivity contribution in [2.75, 3.05) is 53.4 Å². The molecule has 2 fully saturated rings. The van der Waals surface area contributed by atoms with Gasteiger partial charge in [0.05, 0.1) is 5.69 Å². The SMILES string of the molecule is CCN1C[C@]2(CC1=O)CN(Cc1ccccn1)CCN(C(=O)N(C)C)C2. The predicted molar refractivity (Wildman–Crippen MR) is 99.5 cm³/mol. The highest BCUT2D eigenvalue weighted by molar-refractivity contribution is 5.80. The van der Waals surface area contributed by atoms with Gasteiger partial charge in [-0.05, 0) is 19.1 Å². The van der Waals surface area contributed by atoms with Crippen molar-refractivity contribution in [2.45, 2.75) is 19.9 Å². The lowest BCUT2D eigenvalue weighted by Crippen LogP contribution is -2.47. The molecule has 7 nitrogen and oxygen atoms in total. The molecule has 142 valence electrons. The third kappa shape index (κ3) is 3.98. The van der Waals surface area contributed by atoms with Crippen molar-refractivity contribution in [3.63, 3.8) is 0 Å². The van der Waals surface area contributed by atoms with Gasteiger partial charge in [-0.1, -0.05) is 6.07 Å². The molecule has 2 saturated heterocycles. The van der Waals surface area contributed by atoms with Crippen LogP contribution >= 0.6 is 0 Å². The van der Waals surface area contributed by atoms with Crippen molar-refractivity contribution >= 4 is 11.9 Å². The molecular formula is C19H29N5O2. The van der Waals surface area contributed by atoms with Gasteiger partial charge in [0, 0.05) is 77.9 Å². The van der Waals surface area contributed by atoms with Crippen molar-refractivity contribution in [1.82, 2.24) is 24.6 Å². The van der Waals surface area contributed by atoms with E-state index in [0.29, 0.717) is 19.5 Å². The molecule has 3 rings (SSSR count). The Morgan fingerprint density at radius 3 is 2.65 bits per heavy atom. The number of nitrogens with zero attached hydrogens (tertiary/aromatic N) is 5. The first kappa shape index (κ1) is 18.6. The first-order valence-electron chi connectivity index (χ1n) is 9.29. The fraction of sp³-hybridized carbons (Fsp3) is 0.632. The second-order valence-electron chi connectivity index (χ2n) is 7.71. The van der Waals surface area contributed by atoms with Crippen LogP contribution in [0.3, 0.4) is 0 Å². The highest BCUT2D eigenvalue weighted by Gasteiger charge is 2.46. The summed E-state index contributed by atoms with van der Waals surface area (Å²) in [5.41, 5.74) is 0.816. The van der Waals surface area contributed by atoms with Crippen LogP contribution in [-0.4, -0.2) is 89.9 Å². The molecule has 1 aromatic heterocycles. The van der Waals surface area contributed by atoms with Gasteiger partial charge in [-0.15, -0.1) is 0 Å². The van der Waals surface area contributed by atoms with Crippen molar-refractivity contribution in [3.8, 4) is 0 Å². The quantitative estimate of drug-likeness (QED) is 0.811. The molecule has 1 spiro atoms. The van der Waals surface area contributed by atoms with Crippen LogP contribution in [0.2, 0.25) is 0 Å². The molecule has 1 atom stereocenters. The second-order valence-corrected chi connectivity index (χ2v) is 7.71. The first-order valence-corrected chi connectivity index (χ1v) is 9.29. The van der Waals surface area contributed by atoms with E-state index in [0.717, 1.165) is 38.4 Å². The zero-order valence-electron chi connectivity index (χ0n) is 16.0. The summed E-state index contributed by atoms with van der Waals surface area (Å²) >= 11 is 0. The molecule has 1 aromatic rings. The number of likely N-dealkylation sites (tertiary alicyclic amines) is 1. The van der Waals surface area contributed by atoms with Crippen LogP contribution in [0.4, 0.5) is 4.79 Å². The van der Waals surface area contributed by atoms with E-state index in [-0.39, 0.29) is 17.4 Å². The minimum atomic E-state index is -0.204. The van der Waals surface area contributed by atoms with E-state index in [1.54, 1.807) is 19.0 Å². The summed E-state index contributed by atoms with van der Waals surface area (Å²) in [5, 5.41) is 0. The smallest absolute Gasteiger partial charge is 0.319 e. The largest absolute Gasteiger partial charge is 0.342 e. The van der Waals surface area contributed by atoms with Crippen LogP contribution < -0.4 is 0 Å². The molecule has 2 aliphatic rings. The van der Waals surface area contributed by atoms with Gasteiger partial charge in [0.15, 0.2) is 0 Å². The van der Waals surface area contributed by atoms with Crippen molar-refractivity contribution in [2.24, 2.45) is 5.41 Å². The molecule has 0 aromatic carbocycles. The minimum absolute atomic E-state index is 0.0199. The van der Waals surface area contributed by atoms with E-state index < -0.39 is 0 Å². The normalized spacial score (nSPS) is 24.2. The maximum absolute atomic E-state index is 12.6. The predicted octanol–water partition coefficient (Wildman–Crippen LogP) is 1.12. The lowest BCUT2D eigenvalue weighted by Gasteiger charge is -2.34. The van der Waals surface area contributed by atoms with Gasteiger partial charge < -0.3 is 14.7 Å². The molecule has 26 heavy (non-hydrogen) atoms. The van der Waals surface area contributed by atoms with E-state index in [1.807, 2.05) is 41.1 Å². The summed E-state index contributed by atoms with van der Waals surface area (Å²) < 4.78 is 0. The molecule has 7 heteroatoms. The van der Waals surface area contributed by atoms with Crippen LogP contribution in [0.5, 0.6) is 0 Å². The zero-order chi connectivity index (χ0) is 18.7. The second kappa shape index (κ2) is 7.61. The number of pyridine rings is 1. The Hall–Kier alpha value is -2.15. The third-order valence-corrected chi connectivity index (χ3v) is 5.32. The summed E-state index contributed by atoms with van der Waals surface area (Å²) in [6.45, 7) is 7.10. The monoisotopic (exact) mass is 359 g/mol. The first-order chi connectivity index (χ1) is 12.4. The van der Waals surface area contributed by atoms with Gasteiger partial charge in [-0.3, -0.25) is 14.7 Å². The number of hydrogen-bond acceptors (Lipinski definition) is 4. The fourth-order valence-electron chi connectivity index (χ4n) is 4.13. The Morgan fingerprint density at radius 1 is 1.23 bits per heavy atom. The Morgan fingerprint density at radius 2 is 2.04 bits per heavy atom. The number of amides is 3. The number of urea groups is 1. The molecule has 0 unspecified atom stereocenters. The number of rotatable bonds is 3. The average Bonchev–Trinajstić information content (AvgIpc) is 2.82. The molecule has 0 saturated carbocycles. The Kier molecular flexibility index (Phi) is 5.46. The highest BCUT2D eigenvalue weighted by Crippen LogP contribution is 2.35. The number of carbonyl (C=O) groups is 2. The van der Waals surface area contributed by atoms with Gasteiger partial charge in [0.1, 0.15) is 0 Å². The fourth-order valence-corrected chi connectivity index (χ4v) is 4.13. The topological polar surface area (TPSA) is 60.0 Å². The van der Waals surface area contributed by atoms with Crippen LogP contribution in [-0.2, 0) is 11.3 Å². The standard InChI is InChI=1S/C19H29N5O2/c1-4-23-14-19(11-17(23)25)13-22(12-16-7-5-6-8-20-16)9-10-24(15-19)18(26)21(2)3/h5-8H,4,9-15H2,1-3H3/t19-/m0/s1. The highest BCUT2D eigenvalue weighted by atomic mass is 16.2. The van der Waals surface area contributed by atoms with Gasteiger partial charge >= 0.3 is 6.03 Å². The van der Waals surface area contributed by atoms with Crippen LogP contribution in [0.15, 0.2) is 24.4 Å². The molecule has 3 heterocycles. The molecule has 0 aliphatic carbocycles. The van der Waals surface area contributed by atoms with Gasteiger partial charge in [-0.2, -0.15) is 0 Å². The minimum Gasteiger partial charge on any atom is -0.342 e. The maximum atomic E-state index is 12.6. The molecule has 0 bridgehead atoms. The molecular weight excluding hydrogens is 330 g/mol. The summed E-state index contributed by atoms with van der Waals surface area (Å²) in [6.07, 6.45) is 2.32. The van der Waals surface area contributed by atoms with Crippen LogP contribution in [0.1, 0.15) is 19.0 Å². The van der Waals surface area contributed by atoms with Crippen molar-refractivity contribution in [3.05, 3.63) is 30.1 Å². The summed E-state index contributed by atoms with van der Waals surface area (Å²) in [7, 11) is 3.56. The Labute approximate surface area is 155 Å². The lowest BCUT2D eigenvalue weighted by atomic mass is 9.86. The summed E-state index contributed by atoms with van der Waals surface area (Å²) in [5.74, 6) is 0.199. The number of hydrogen-bond donors (Lipinski definition) is 0. The lowest BCUT2D eigenvalue weighted by molar-refractivity contribution is -0.127. The van der Waals surface area contributed by atoms with E-state index in [2.05, 4.69) is 9.88 Å². The third-order valence-electron chi connectivity index (χ3n) is 5.32.